The van der Waals surface area contributed by atoms with Gasteiger partial charge in [-0.2, -0.15) is 0 Å². The zero-order chi connectivity index (χ0) is 13.2. The monoisotopic (exact) mass is 261 g/mol. The summed E-state index contributed by atoms with van der Waals surface area (Å²) in [5.41, 5.74) is 1.13. The summed E-state index contributed by atoms with van der Waals surface area (Å²) in [6.45, 7) is 4.30. The third-order valence-corrected chi connectivity index (χ3v) is 6.12. The lowest BCUT2D eigenvalue weighted by atomic mass is 9.58. The number of Topliss-reactive ketones (excluding diaryl/α,β-unsaturated/α-hetero) is 1. The van der Waals surface area contributed by atoms with Crippen molar-refractivity contribution in [1.29, 1.82) is 0 Å². The maximum absolute atomic E-state index is 12.5. The van der Waals surface area contributed by atoms with Gasteiger partial charge in [0, 0.05) is 36.5 Å². The highest BCUT2D eigenvalue weighted by Gasteiger charge is 2.64. The van der Waals surface area contributed by atoms with Crippen LogP contribution >= 0.6 is 0 Å². The number of hydrogen-bond donors (Lipinski definition) is 1. The maximum Gasteiger partial charge on any atom is 0.137 e. The van der Waals surface area contributed by atoms with Crippen molar-refractivity contribution in [1.82, 2.24) is 4.90 Å². The zero-order valence-corrected chi connectivity index (χ0v) is 11.6. The molecule has 2 saturated heterocycles. The Morgan fingerprint density at radius 3 is 3.05 bits per heavy atom. The van der Waals surface area contributed by atoms with E-state index in [1.807, 2.05) is 0 Å². The molecule has 2 aliphatic carbocycles. The fourth-order valence-electron chi connectivity index (χ4n) is 5.51. The van der Waals surface area contributed by atoms with Gasteiger partial charge >= 0.3 is 0 Å². The van der Waals surface area contributed by atoms with Gasteiger partial charge < -0.3 is 10.0 Å². The molecule has 1 spiro atoms. The van der Waals surface area contributed by atoms with Crippen molar-refractivity contribution >= 4 is 5.78 Å². The van der Waals surface area contributed by atoms with Crippen LogP contribution < -0.4 is 0 Å². The maximum atomic E-state index is 12.5. The van der Waals surface area contributed by atoms with Gasteiger partial charge in [-0.05, 0) is 37.5 Å². The molecule has 3 fully saturated rings. The molecule has 0 aromatic rings. The van der Waals surface area contributed by atoms with Gasteiger partial charge in [0.05, 0.1) is 6.10 Å². The molecule has 104 valence electrons. The molecule has 3 heteroatoms. The van der Waals surface area contributed by atoms with Crippen molar-refractivity contribution in [2.24, 2.45) is 23.2 Å². The average Bonchev–Trinajstić information content (AvgIpc) is 2.56. The van der Waals surface area contributed by atoms with Crippen LogP contribution in [-0.4, -0.2) is 35.0 Å². The minimum atomic E-state index is -0.304. The molecule has 0 amide bonds. The summed E-state index contributed by atoms with van der Waals surface area (Å²) >= 11 is 0. The molecular formula is C16H23NO2. The van der Waals surface area contributed by atoms with E-state index in [4.69, 9.17) is 0 Å². The van der Waals surface area contributed by atoms with E-state index in [1.54, 1.807) is 0 Å². The Hall–Kier alpha value is -0.830. The van der Waals surface area contributed by atoms with Gasteiger partial charge in [-0.1, -0.05) is 13.0 Å². The van der Waals surface area contributed by atoms with Crippen LogP contribution in [0.3, 0.4) is 0 Å². The Labute approximate surface area is 114 Å². The Balaban J connectivity index is 1.94. The van der Waals surface area contributed by atoms with Gasteiger partial charge in [0.2, 0.25) is 0 Å². The van der Waals surface area contributed by atoms with Crippen LogP contribution in [0.1, 0.15) is 39.0 Å². The Morgan fingerprint density at radius 1 is 1.37 bits per heavy atom. The molecule has 2 bridgehead atoms. The predicted octanol–water partition coefficient (Wildman–Crippen LogP) is 1.96. The van der Waals surface area contributed by atoms with Crippen LogP contribution in [0.4, 0.5) is 0 Å². The first kappa shape index (κ1) is 12.0. The first-order valence-electron chi connectivity index (χ1n) is 7.82. The SMILES string of the molecule is C[C@H]1C=C2N3CCC[C@@H]4C(=O)C[C@H](C1)[C@]24[C@H](O)CC3. The summed E-state index contributed by atoms with van der Waals surface area (Å²) in [5, 5.41) is 10.8. The van der Waals surface area contributed by atoms with Crippen molar-refractivity contribution in [3.63, 3.8) is 0 Å². The average molecular weight is 261 g/mol. The molecule has 1 N–H and O–H groups in total. The van der Waals surface area contributed by atoms with Gasteiger partial charge in [-0.25, -0.2) is 0 Å². The Morgan fingerprint density at radius 2 is 2.21 bits per heavy atom. The Bertz CT molecular complexity index is 458. The summed E-state index contributed by atoms with van der Waals surface area (Å²) < 4.78 is 0. The highest BCUT2D eigenvalue weighted by Crippen LogP contribution is 2.62. The molecule has 1 saturated carbocycles. The summed E-state index contributed by atoms with van der Waals surface area (Å²) in [7, 11) is 0. The van der Waals surface area contributed by atoms with Crippen molar-refractivity contribution in [2.45, 2.75) is 45.1 Å². The first-order valence-corrected chi connectivity index (χ1v) is 7.82. The van der Waals surface area contributed by atoms with E-state index in [1.165, 1.54) is 5.70 Å². The molecule has 0 aromatic carbocycles. The van der Waals surface area contributed by atoms with Gasteiger partial charge in [0.25, 0.3) is 0 Å². The lowest BCUT2D eigenvalue weighted by molar-refractivity contribution is -0.125. The molecule has 4 aliphatic rings. The molecule has 3 nitrogen and oxygen atoms in total. The minimum Gasteiger partial charge on any atom is -0.392 e. The summed E-state index contributed by atoms with van der Waals surface area (Å²) in [4.78, 5) is 15.0. The topological polar surface area (TPSA) is 40.5 Å². The molecule has 0 aromatic heterocycles. The third-order valence-electron chi connectivity index (χ3n) is 6.12. The second-order valence-corrected chi connectivity index (χ2v) is 7.05. The quantitative estimate of drug-likeness (QED) is 0.724. The second-order valence-electron chi connectivity index (χ2n) is 7.05. The fourth-order valence-corrected chi connectivity index (χ4v) is 5.51. The molecular weight excluding hydrogens is 238 g/mol. The van der Waals surface area contributed by atoms with E-state index in [9.17, 15) is 9.90 Å². The van der Waals surface area contributed by atoms with Gasteiger partial charge in [0.1, 0.15) is 5.78 Å². The van der Waals surface area contributed by atoms with E-state index in [2.05, 4.69) is 17.9 Å². The molecule has 0 radical (unpaired) electrons. The van der Waals surface area contributed by atoms with E-state index in [-0.39, 0.29) is 17.4 Å². The number of piperidine rings is 1. The van der Waals surface area contributed by atoms with E-state index in [0.717, 1.165) is 38.8 Å². The van der Waals surface area contributed by atoms with E-state index >= 15 is 0 Å². The number of rotatable bonds is 0. The number of aliphatic hydroxyl groups excluding tert-OH is 1. The number of carbonyl (C=O) groups is 1. The third kappa shape index (κ3) is 1.35. The van der Waals surface area contributed by atoms with Crippen LogP contribution in [0, 0.1) is 23.2 Å². The van der Waals surface area contributed by atoms with Gasteiger partial charge in [-0.15, -0.1) is 0 Å². The molecule has 2 aliphatic heterocycles. The summed E-state index contributed by atoms with van der Waals surface area (Å²) in [6, 6.07) is 0. The Kier molecular flexibility index (Phi) is 2.42. The number of hydrogen-bond acceptors (Lipinski definition) is 3. The van der Waals surface area contributed by atoms with Crippen LogP contribution in [0.5, 0.6) is 0 Å². The molecule has 2 heterocycles. The number of aliphatic hydroxyl groups is 1. The summed E-state index contributed by atoms with van der Waals surface area (Å²) in [5.74, 6) is 1.45. The highest BCUT2D eigenvalue weighted by molar-refractivity contribution is 5.86. The first-order chi connectivity index (χ1) is 9.14. The standard InChI is InChI=1S/C16H23NO2/c1-10-7-11-9-13(18)12-3-2-5-17-6-4-15(19)16(11,12)14(17)8-10/h8,10-12,15,19H,2-7,9H2,1H3/t10-,11+,12-,15-,16-/m1/s1. The lowest BCUT2D eigenvalue weighted by Crippen LogP contribution is -2.55. The largest absolute Gasteiger partial charge is 0.392 e. The van der Waals surface area contributed by atoms with Crippen molar-refractivity contribution in [3.8, 4) is 0 Å². The lowest BCUT2D eigenvalue weighted by Gasteiger charge is -2.53. The van der Waals surface area contributed by atoms with E-state index in [0.29, 0.717) is 24.0 Å². The number of nitrogens with zero attached hydrogens (tertiary/aromatic N) is 1. The minimum absolute atomic E-state index is 0.0940. The second kappa shape index (κ2) is 3.85. The zero-order valence-electron chi connectivity index (χ0n) is 11.6. The van der Waals surface area contributed by atoms with Crippen molar-refractivity contribution in [3.05, 3.63) is 11.8 Å². The summed E-state index contributed by atoms with van der Waals surface area (Å²) in [6.07, 6.45) is 6.77. The molecule has 19 heavy (non-hydrogen) atoms. The smallest absolute Gasteiger partial charge is 0.137 e. The highest BCUT2D eigenvalue weighted by atomic mass is 16.3. The van der Waals surface area contributed by atoms with E-state index < -0.39 is 0 Å². The van der Waals surface area contributed by atoms with Gasteiger partial charge in [0.15, 0.2) is 0 Å². The van der Waals surface area contributed by atoms with Crippen LogP contribution in [-0.2, 0) is 4.79 Å². The van der Waals surface area contributed by atoms with Crippen molar-refractivity contribution in [2.75, 3.05) is 13.1 Å². The number of ketones is 1. The number of allylic oxidation sites excluding steroid dienone is 1. The predicted molar refractivity (Wildman–Crippen MR) is 72.3 cm³/mol. The van der Waals surface area contributed by atoms with Crippen LogP contribution in [0.15, 0.2) is 11.8 Å². The fraction of sp³-hybridized carbons (Fsp3) is 0.812. The molecule has 5 atom stereocenters. The van der Waals surface area contributed by atoms with Gasteiger partial charge in [-0.3, -0.25) is 4.79 Å². The normalized spacial score (nSPS) is 48.6. The number of carbonyl (C=O) groups excluding carboxylic acids is 1. The van der Waals surface area contributed by atoms with Crippen LogP contribution in [0.25, 0.3) is 0 Å². The van der Waals surface area contributed by atoms with Crippen molar-refractivity contribution < 1.29 is 9.90 Å². The van der Waals surface area contributed by atoms with Crippen LogP contribution in [0.2, 0.25) is 0 Å². The molecule has 4 rings (SSSR count). The molecule has 0 unspecified atom stereocenters.